The Labute approximate surface area is 97.2 Å². The maximum absolute atomic E-state index is 10.8. The van der Waals surface area contributed by atoms with Crippen LogP contribution in [0, 0.1) is 3.57 Å². The molecule has 0 unspecified atom stereocenters. The molecule has 0 heterocycles. The predicted octanol–water partition coefficient (Wildman–Crippen LogP) is 1.60. The van der Waals surface area contributed by atoms with Crippen LogP contribution in [-0.4, -0.2) is 5.91 Å². The Morgan fingerprint density at radius 2 is 2.00 bits per heavy atom. The van der Waals surface area contributed by atoms with Crippen LogP contribution in [-0.2, 0) is 11.2 Å². The summed E-state index contributed by atoms with van der Waals surface area (Å²) in [5, 5.41) is 0. The Morgan fingerprint density at radius 3 is 2.57 bits per heavy atom. The average Bonchev–Trinajstić information content (AvgIpc) is 2.21. The molecule has 0 aliphatic rings. The van der Waals surface area contributed by atoms with Crippen molar-refractivity contribution >= 4 is 28.5 Å². The molecular formula is C10H13IN2O. The van der Waals surface area contributed by atoms with Gasteiger partial charge in [-0.05, 0) is 53.1 Å². The van der Waals surface area contributed by atoms with Crippen molar-refractivity contribution in [3.8, 4) is 0 Å². The summed E-state index contributed by atoms with van der Waals surface area (Å²) >= 11 is 2.27. The lowest BCUT2D eigenvalue weighted by Gasteiger charge is -2.01. The van der Waals surface area contributed by atoms with Gasteiger partial charge in [0.1, 0.15) is 0 Å². The number of nitrogens with one attached hydrogen (secondary N) is 1. The molecule has 3 nitrogen and oxygen atoms in total. The van der Waals surface area contributed by atoms with Gasteiger partial charge < -0.3 is 0 Å². The molecule has 0 aliphatic heterocycles. The molecule has 1 rings (SSSR count). The number of hydrogen-bond acceptors (Lipinski definition) is 2. The number of rotatable bonds is 4. The molecule has 0 fully saturated rings. The minimum atomic E-state index is -0.101. The molecule has 0 atom stereocenters. The normalized spacial score (nSPS) is 9.86. The van der Waals surface area contributed by atoms with Gasteiger partial charge in [-0.25, -0.2) is 5.84 Å². The maximum atomic E-state index is 10.8. The highest BCUT2D eigenvalue weighted by Crippen LogP contribution is 2.09. The zero-order valence-electron chi connectivity index (χ0n) is 7.79. The lowest BCUT2D eigenvalue weighted by molar-refractivity contribution is -0.121. The van der Waals surface area contributed by atoms with Crippen LogP contribution in [0.1, 0.15) is 18.4 Å². The summed E-state index contributed by atoms with van der Waals surface area (Å²) in [5.74, 6) is 4.87. The quantitative estimate of drug-likeness (QED) is 0.384. The van der Waals surface area contributed by atoms with E-state index in [0.29, 0.717) is 6.42 Å². The van der Waals surface area contributed by atoms with E-state index in [1.54, 1.807) is 0 Å². The lowest BCUT2D eigenvalue weighted by Crippen LogP contribution is -2.29. The Hall–Kier alpha value is -0.620. The first-order valence-corrected chi connectivity index (χ1v) is 5.54. The minimum Gasteiger partial charge on any atom is -0.294 e. The van der Waals surface area contributed by atoms with E-state index in [9.17, 15) is 4.79 Å². The summed E-state index contributed by atoms with van der Waals surface area (Å²) in [6.07, 6.45) is 2.25. The highest BCUT2D eigenvalue weighted by atomic mass is 127. The van der Waals surface area contributed by atoms with Crippen LogP contribution in [0.5, 0.6) is 0 Å². The molecule has 14 heavy (non-hydrogen) atoms. The van der Waals surface area contributed by atoms with Gasteiger partial charge in [-0.2, -0.15) is 0 Å². The molecule has 1 aromatic carbocycles. The minimum absolute atomic E-state index is 0.101. The second-order valence-corrected chi connectivity index (χ2v) is 4.29. The first-order valence-electron chi connectivity index (χ1n) is 4.46. The molecule has 76 valence electrons. The SMILES string of the molecule is NNC(=O)CCCc1ccc(I)cc1. The van der Waals surface area contributed by atoms with Gasteiger partial charge in [0.05, 0.1) is 0 Å². The van der Waals surface area contributed by atoms with Crippen LogP contribution < -0.4 is 11.3 Å². The summed E-state index contributed by atoms with van der Waals surface area (Å²) in [5.41, 5.74) is 3.38. The van der Waals surface area contributed by atoms with Crippen molar-refractivity contribution in [3.63, 3.8) is 0 Å². The fourth-order valence-corrected chi connectivity index (χ4v) is 1.54. The highest BCUT2D eigenvalue weighted by molar-refractivity contribution is 14.1. The number of hydrazine groups is 1. The van der Waals surface area contributed by atoms with Crippen LogP contribution >= 0.6 is 22.6 Å². The fourth-order valence-electron chi connectivity index (χ4n) is 1.18. The second kappa shape index (κ2) is 5.98. The van der Waals surface area contributed by atoms with E-state index >= 15 is 0 Å². The Kier molecular flexibility index (Phi) is 4.89. The van der Waals surface area contributed by atoms with E-state index in [1.165, 1.54) is 9.13 Å². The first-order chi connectivity index (χ1) is 6.72. The van der Waals surface area contributed by atoms with Gasteiger partial charge in [-0.3, -0.25) is 10.2 Å². The zero-order valence-corrected chi connectivity index (χ0v) is 9.95. The molecule has 0 aliphatic carbocycles. The molecule has 0 saturated carbocycles. The zero-order chi connectivity index (χ0) is 10.4. The van der Waals surface area contributed by atoms with Crippen molar-refractivity contribution in [2.75, 3.05) is 0 Å². The van der Waals surface area contributed by atoms with E-state index in [-0.39, 0.29) is 5.91 Å². The highest BCUT2D eigenvalue weighted by Gasteiger charge is 1.98. The largest absolute Gasteiger partial charge is 0.294 e. The van der Waals surface area contributed by atoms with Gasteiger partial charge in [-0.1, -0.05) is 12.1 Å². The number of benzene rings is 1. The molecule has 3 N–H and O–H groups in total. The monoisotopic (exact) mass is 304 g/mol. The molecule has 1 amide bonds. The number of amides is 1. The Bertz CT molecular complexity index is 297. The third-order valence-electron chi connectivity index (χ3n) is 1.94. The first kappa shape index (κ1) is 11.5. The summed E-state index contributed by atoms with van der Waals surface area (Å²) in [6, 6.07) is 8.31. The van der Waals surface area contributed by atoms with E-state index in [0.717, 1.165) is 12.8 Å². The smallest absolute Gasteiger partial charge is 0.233 e. The van der Waals surface area contributed by atoms with Gasteiger partial charge in [0, 0.05) is 9.99 Å². The van der Waals surface area contributed by atoms with Crippen molar-refractivity contribution in [3.05, 3.63) is 33.4 Å². The van der Waals surface area contributed by atoms with Gasteiger partial charge in [0.15, 0.2) is 0 Å². The van der Waals surface area contributed by atoms with Gasteiger partial charge in [0.25, 0.3) is 0 Å². The Morgan fingerprint density at radius 1 is 1.36 bits per heavy atom. The van der Waals surface area contributed by atoms with Crippen molar-refractivity contribution in [2.24, 2.45) is 5.84 Å². The van der Waals surface area contributed by atoms with Gasteiger partial charge in [0.2, 0.25) is 5.91 Å². The van der Waals surface area contributed by atoms with Crippen molar-refractivity contribution in [2.45, 2.75) is 19.3 Å². The van der Waals surface area contributed by atoms with Crippen molar-refractivity contribution < 1.29 is 4.79 Å². The topological polar surface area (TPSA) is 55.1 Å². The molecule has 0 bridgehead atoms. The molecule has 0 radical (unpaired) electrons. The van der Waals surface area contributed by atoms with Crippen LogP contribution in [0.3, 0.4) is 0 Å². The van der Waals surface area contributed by atoms with Gasteiger partial charge >= 0.3 is 0 Å². The molecule has 0 saturated heterocycles. The van der Waals surface area contributed by atoms with E-state index in [1.807, 2.05) is 0 Å². The number of carbonyl (C=O) groups excluding carboxylic acids is 1. The summed E-state index contributed by atoms with van der Waals surface area (Å²) in [4.78, 5) is 10.8. The van der Waals surface area contributed by atoms with E-state index < -0.39 is 0 Å². The maximum Gasteiger partial charge on any atom is 0.233 e. The Balaban J connectivity index is 2.31. The number of aryl methyl sites for hydroxylation is 1. The summed E-state index contributed by atoms with van der Waals surface area (Å²) in [6.45, 7) is 0. The average molecular weight is 304 g/mol. The standard InChI is InChI=1S/C10H13IN2O/c11-9-6-4-8(5-7-9)2-1-3-10(14)13-12/h4-7H,1-3,12H2,(H,13,14). The van der Waals surface area contributed by atoms with Crippen molar-refractivity contribution in [1.29, 1.82) is 0 Å². The molecule has 0 aromatic heterocycles. The molecular weight excluding hydrogens is 291 g/mol. The summed E-state index contributed by atoms with van der Waals surface area (Å²) in [7, 11) is 0. The van der Waals surface area contributed by atoms with Crippen LogP contribution in [0.4, 0.5) is 0 Å². The van der Waals surface area contributed by atoms with Crippen LogP contribution in [0.2, 0.25) is 0 Å². The van der Waals surface area contributed by atoms with Crippen LogP contribution in [0.25, 0.3) is 0 Å². The molecule has 4 heteroatoms. The molecule has 1 aromatic rings. The number of hydrogen-bond donors (Lipinski definition) is 2. The van der Waals surface area contributed by atoms with Crippen molar-refractivity contribution in [1.82, 2.24) is 5.43 Å². The van der Waals surface area contributed by atoms with E-state index in [4.69, 9.17) is 5.84 Å². The summed E-state index contributed by atoms with van der Waals surface area (Å²) < 4.78 is 1.23. The molecule has 0 spiro atoms. The van der Waals surface area contributed by atoms with Crippen LogP contribution in [0.15, 0.2) is 24.3 Å². The predicted molar refractivity (Wildman–Crippen MR) is 64.4 cm³/mol. The second-order valence-electron chi connectivity index (χ2n) is 3.05. The lowest BCUT2D eigenvalue weighted by atomic mass is 10.1. The number of halogens is 1. The fraction of sp³-hybridized carbons (Fsp3) is 0.300. The van der Waals surface area contributed by atoms with E-state index in [2.05, 4.69) is 52.3 Å². The number of nitrogens with two attached hydrogens (primary N) is 1. The number of carbonyl (C=O) groups is 1. The third-order valence-corrected chi connectivity index (χ3v) is 2.66. The third kappa shape index (κ3) is 4.06. The van der Waals surface area contributed by atoms with Gasteiger partial charge in [-0.15, -0.1) is 0 Å².